The molecule has 138 valence electrons. The van der Waals surface area contributed by atoms with Crippen molar-refractivity contribution in [3.8, 4) is 22.6 Å². The molecule has 1 N–H and O–H groups in total. The van der Waals surface area contributed by atoms with Gasteiger partial charge in [-0.1, -0.05) is 30.3 Å². The van der Waals surface area contributed by atoms with Gasteiger partial charge in [-0.2, -0.15) is 0 Å². The number of aromatic amines is 1. The number of imidazole rings is 1. The molecule has 7 nitrogen and oxygen atoms in total. The van der Waals surface area contributed by atoms with Crippen LogP contribution in [0.1, 0.15) is 25.1 Å². The second-order valence-corrected chi connectivity index (χ2v) is 6.46. The molecule has 0 aliphatic carbocycles. The van der Waals surface area contributed by atoms with Gasteiger partial charge in [0.15, 0.2) is 5.82 Å². The molecular formula is C20H21N5O2. The second kappa shape index (κ2) is 7.57. The van der Waals surface area contributed by atoms with Gasteiger partial charge in [-0.15, -0.1) is 0 Å². The minimum Gasteiger partial charge on any atom is -0.450 e. The molecule has 0 saturated carbocycles. The molecule has 0 radical (unpaired) electrons. The lowest BCUT2D eigenvalue weighted by Crippen LogP contribution is -2.29. The third-order valence-electron chi connectivity index (χ3n) is 4.68. The Morgan fingerprint density at radius 2 is 2.00 bits per heavy atom. The topological polar surface area (TPSA) is 84.0 Å². The van der Waals surface area contributed by atoms with Crippen LogP contribution in [0.5, 0.6) is 0 Å². The lowest BCUT2D eigenvalue weighted by molar-refractivity contribution is 0.115. The minimum atomic E-state index is -0.253. The van der Waals surface area contributed by atoms with Crippen LogP contribution in [-0.4, -0.2) is 50.6 Å². The van der Waals surface area contributed by atoms with Crippen molar-refractivity contribution in [3.05, 3.63) is 54.7 Å². The van der Waals surface area contributed by atoms with Gasteiger partial charge < -0.3 is 14.6 Å². The van der Waals surface area contributed by atoms with Gasteiger partial charge in [0.2, 0.25) is 0 Å². The Bertz CT molecular complexity index is 908. The summed E-state index contributed by atoms with van der Waals surface area (Å²) < 4.78 is 5.07. The maximum atomic E-state index is 11.9. The van der Waals surface area contributed by atoms with Crippen molar-refractivity contribution >= 4 is 6.09 Å². The van der Waals surface area contributed by atoms with Gasteiger partial charge in [0.05, 0.1) is 12.3 Å². The monoisotopic (exact) mass is 363 g/mol. The highest BCUT2D eigenvalue weighted by molar-refractivity contribution is 5.68. The zero-order valence-corrected chi connectivity index (χ0v) is 15.1. The fraction of sp³-hybridized carbons (Fsp3) is 0.300. The summed E-state index contributed by atoms with van der Waals surface area (Å²) in [5.41, 5.74) is 2.65. The molecule has 1 amide bonds. The third-order valence-corrected chi connectivity index (χ3v) is 4.68. The van der Waals surface area contributed by atoms with E-state index in [9.17, 15) is 4.79 Å². The first kappa shape index (κ1) is 17.2. The summed E-state index contributed by atoms with van der Waals surface area (Å²) in [7, 11) is 0. The van der Waals surface area contributed by atoms with E-state index in [1.807, 2.05) is 43.5 Å². The van der Waals surface area contributed by atoms with E-state index in [0.29, 0.717) is 25.5 Å². The number of hydrogen-bond donors (Lipinski definition) is 1. The number of aromatic nitrogens is 4. The molecular weight excluding hydrogens is 342 g/mol. The molecule has 7 heteroatoms. The van der Waals surface area contributed by atoms with Gasteiger partial charge in [-0.25, -0.2) is 19.7 Å². The van der Waals surface area contributed by atoms with Crippen LogP contribution in [0.2, 0.25) is 0 Å². The van der Waals surface area contributed by atoms with Crippen molar-refractivity contribution in [2.45, 2.75) is 19.3 Å². The average Bonchev–Trinajstić information content (AvgIpc) is 3.39. The number of hydrogen-bond acceptors (Lipinski definition) is 5. The van der Waals surface area contributed by atoms with Crippen molar-refractivity contribution < 1.29 is 9.53 Å². The van der Waals surface area contributed by atoms with Gasteiger partial charge in [0, 0.05) is 48.7 Å². The number of carbonyl (C=O) groups excluding carboxylic acids is 1. The molecule has 1 unspecified atom stereocenters. The van der Waals surface area contributed by atoms with Gasteiger partial charge in [-0.3, -0.25) is 0 Å². The highest BCUT2D eigenvalue weighted by atomic mass is 16.6. The molecule has 0 spiro atoms. The quantitative estimate of drug-likeness (QED) is 0.767. The molecule has 1 aliphatic rings. The van der Waals surface area contributed by atoms with Crippen LogP contribution < -0.4 is 0 Å². The zero-order valence-electron chi connectivity index (χ0n) is 15.1. The highest BCUT2D eigenvalue weighted by Crippen LogP contribution is 2.27. The van der Waals surface area contributed by atoms with Crippen molar-refractivity contribution in [3.63, 3.8) is 0 Å². The van der Waals surface area contributed by atoms with Crippen molar-refractivity contribution in [2.75, 3.05) is 19.7 Å². The van der Waals surface area contributed by atoms with Crippen LogP contribution in [0.15, 0.2) is 48.9 Å². The summed E-state index contributed by atoms with van der Waals surface area (Å²) in [6.45, 7) is 3.52. The Labute approximate surface area is 157 Å². The first-order valence-corrected chi connectivity index (χ1v) is 9.09. The van der Waals surface area contributed by atoms with E-state index in [-0.39, 0.29) is 12.0 Å². The maximum absolute atomic E-state index is 11.9. The van der Waals surface area contributed by atoms with Gasteiger partial charge in [0.1, 0.15) is 5.82 Å². The SMILES string of the molecule is CCOC(=O)N1CCC(c2nc(-c3cnc(-c4ccccc4)nc3)c[nH]2)C1. The fourth-order valence-corrected chi connectivity index (χ4v) is 3.25. The number of benzene rings is 1. The Hall–Kier alpha value is -3.22. The van der Waals surface area contributed by atoms with Crippen LogP contribution in [-0.2, 0) is 4.74 Å². The molecule has 3 aromatic rings. The number of nitrogens with one attached hydrogen (secondary N) is 1. The first-order chi connectivity index (χ1) is 13.2. The van der Waals surface area contributed by atoms with Crippen molar-refractivity contribution in [1.29, 1.82) is 0 Å². The lowest BCUT2D eigenvalue weighted by atomic mass is 10.1. The molecule has 1 saturated heterocycles. The van der Waals surface area contributed by atoms with Crippen molar-refractivity contribution in [2.24, 2.45) is 0 Å². The standard InChI is InChI=1S/C20H21N5O2/c1-2-27-20(26)25-9-8-15(13-25)19-23-12-17(24-19)16-10-21-18(22-11-16)14-6-4-3-5-7-14/h3-7,10-12,15H,2,8-9,13H2,1H3,(H,23,24). The van der Waals surface area contributed by atoms with Gasteiger partial charge in [0.25, 0.3) is 0 Å². The Morgan fingerprint density at radius 1 is 1.22 bits per heavy atom. The molecule has 1 atom stereocenters. The Kier molecular flexibility index (Phi) is 4.82. The highest BCUT2D eigenvalue weighted by Gasteiger charge is 2.30. The predicted molar refractivity (Wildman–Crippen MR) is 101 cm³/mol. The van der Waals surface area contributed by atoms with Crippen LogP contribution >= 0.6 is 0 Å². The van der Waals surface area contributed by atoms with E-state index >= 15 is 0 Å². The van der Waals surface area contributed by atoms with E-state index in [1.54, 1.807) is 17.3 Å². The number of H-pyrrole nitrogens is 1. The normalized spacial score (nSPS) is 16.5. The number of amides is 1. The molecule has 1 aliphatic heterocycles. The number of likely N-dealkylation sites (tertiary alicyclic amines) is 1. The third kappa shape index (κ3) is 3.67. The predicted octanol–water partition coefficient (Wildman–Crippen LogP) is 3.48. The zero-order chi connectivity index (χ0) is 18.6. The summed E-state index contributed by atoms with van der Waals surface area (Å²) in [6.07, 6.45) is 6.05. The van der Waals surface area contributed by atoms with E-state index in [4.69, 9.17) is 9.72 Å². The number of carbonyl (C=O) groups is 1. The lowest BCUT2D eigenvalue weighted by Gasteiger charge is -2.14. The fourth-order valence-electron chi connectivity index (χ4n) is 3.25. The van der Waals surface area contributed by atoms with Crippen LogP contribution in [0.25, 0.3) is 22.6 Å². The summed E-state index contributed by atoms with van der Waals surface area (Å²) in [4.78, 5) is 30.4. The number of rotatable bonds is 4. The first-order valence-electron chi connectivity index (χ1n) is 9.09. The molecule has 1 fully saturated rings. The number of nitrogens with zero attached hydrogens (tertiary/aromatic N) is 4. The molecule has 3 heterocycles. The van der Waals surface area contributed by atoms with E-state index in [2.05, 4.69) is 15.0 Å². The minimum absolute atomic E-state index is 0.188. The van der Waals surface area contributed by atoms with Crippen LogP contribution in [0.3, 0.4) is 0 Å². The molecule has 27 heavy (non-hydrogen) atoms. The largest absolute Gasteiger partial charge is 0.450 e. The van der Waals surface area contributed by atoms with E-state index in [0.717, 1.165) is 29.1 Å². The molecule has 4 rings (SSSR count). The summed E-state index contributed by atoms with van der Waals surface area (Å²) in [5, 5.41) is 0. The van der Waals surface area contributed by atoms with Crippen molar-refractivity contribution in [1.82, 2.24) is 24.8 Å². The van der Waals surface area contributed by atoms with Crippen LogP contribution in [0.4, 0.5) is 4.79 Å². The smallest absolute Gasteiger partial charge is 0.409 e. The van der Waals surface area contributed by atoms with Crippen LogP contribution in [0, 0.1) is 0 Å². The van der Waals surface area contributed by atoms with Gasteiger partial charge in [-0.05, 0) is 13.3 Å². The number of ether oxygens (including phenoxy) is 1. The molecule has 2 aromatic heterocycles. The second-order valence-electron chi connectivity index (χ2n) is 6.46. The average molecular weight is 363 g/mol. The Morgan fingerprint density at radius 3 is 2.74 bits per heavy atom. The van der Waals surface area contributed by atoms with Gasteiger partial charge >= 0.3 is 6.09 Å². The van der Waals surface area contributed by atoms with E-state index in [1.165, 1.54) is 0 Å². The van der Waals surface area contributed by atoms with E-state index < -0.39 is 0 Å². The molecule has 0 bridgehead atoms. The summed E-state index contributed by atoms with van der Waals surface area (Å²) >= 11 is 0. The summed E-state index contributed by atoms with van der Waals surface area (Å²) in [6, 6.07) is 9.87. The Balaban J connectivity index is 1.46. The molecule has 1 aromatic carbocycles. The summed E-state index contributed by atoms with van der Waals surface area (Å²) in [5.74, 6) is 1.76. The maximum Gasteiger partial charge on any atom is 0.409 e.